The van der Waals surface area contributed by atoms with Gasteiger partial charge in [0.2, 0.25) is 5.91 Å². The lowest BCUT2D eigenvalue weighted by molar-refractivity contribution is -0.134. The van der Waals surface area contributed by atoms with Gasteiger partial charge in [0.25, 0.3) is 0 Å². The highest BCUT2D eigenvalue weighted by atomic mass is 32.1. The van der Waals surface area contributed by atoms with Gasteiger partial charge in [0.05, 0.1) is 17.0 Å². The first-order valence-corrected chi connectivity index (χ1v) is 7.97. The molecule has 3 atom stereocenters. The van der Waals surface area contributed by atoms with Crippen molar-refractivity contribution in [3.05, 3.63) is 16.6 Å². The van der Waals surface area contributed by atoms with Crippen molar-refractivity contribution in [3.63, 3.8) is 0 Å². The zero-order valence-corrected chi connectivity index (χ0v) is 12.1. The first-order valence-electron chi connectivity index (χ1n) is 7.09. The van der Waals surface area contributed by atoms with Crippen LogP contribution < -0.4 is 0 Å². The van der Waals surface area contributed by atoms with E-state index in [0.29, 0.717) is 18.4 Å². The summed E-state index contributed by atoms with van der Waals surface area (Å²) in [5.41, 5.74) is 0. The Hall–Kier alpha value is -0.940. The molecule has 19 heavy (non-hydrogen) atoms. The first-order chi connectivity index (χ1) is 9.29. The van der Waals surface area contributed by atoms with Gasteiger partial charge in [0.1, 0.15) is 0 Å². The number of ether oxygens (including phenoxy) is 1. The molecule has 0 bridgehead atoms. The fourth-order valence-corrected chi connectivity index (χ4v) is 3.65. The van der Waals surface area contributed by atoms with Gasteiger partial charge in [-0.15, -0.1) is 11.3 Å². The number of thiazole rings is 1. The highest BCUT2D eigenvalue weighted by Gasteiger charge is 2.46. The van der Waals surface area contributed by atoms with E-state index >= 15 is 0 Å². The molecule has 0 unspecified atom stereocenters. The number of rotatable bonds is 4. The summed E-state index contributed by atoms with van der Waals surface area (Å²) in [6, 6.07) is 0. The van der Waals surface area contributed by atoms with Crippen LogP contribution in [0.2, 0.25) is 0 Å². The van der Waals surface area contributed by atoms with Gasteiger partial charge in [-0.2, -0.15) is 0 Å². The van der Waals surface area contributed by atoms with Crippen molar-refractivity contribution in [2.24, 2.45) is 5.92 Å². The van der Waals surface area contributed by atoms with Crippen molar-refractivity contribution >= 4 is 17.2 Å². The van der Waals surface area contributed by atoms with E-state index in [1.54, 1.807) is 11.3 Å². The molecule has 1 amide bonds. The number of carbonyl (C=O) groups is 1. The summed E-state index contributed by atoms with van der Waals surface area (Å²) in [6.45, 7) is 4.42. The molecule has 1 aliphatic heterocycles. The van der Waals surface area contributed by atoms with Crippen molar-refractivity contribution in [2.75, 3.05) is 19.7 Å². The van der Waals surface area contributed by atoms with Crippen LogP contribution in [0.25, 0.3) is 0 Å². The molecule has 1 saturated carbocycles. The van der Waals surface area contributed by atoms with Crippen LogP contribution in [0.5, 0.6) is 0 Å². The number of amides is 1. The maximum absolute atomic E-state index is 12.4. The summed E-state index contributed by atoms with van der Waals surface area (Å²) in [5.74, 6) is 0.844. The molecule has 1 aliphatic carbocycles. The molecule has 2 heterocycles. The Kier molecular flexibility index (Phi) is 3.84. The maximum atomic E-state index is 12.4. The van der Waals surface area contributed by atoms with E-state index in [0.717, 1.165) is 32.4 Å². The molecule has 1 aromatic heterocycles. The Morgan fingerprint density at radius 3 is 3.26 bits per heavy atom. The normalized spacial score (nSPS) is 30.4. The summed E-state index contributed by atoms with van der Waals surface area (Å²) in [7, 11) is 0. The van der Waals surface area contributed by atoms with Crippen LogP contribution in [0.15, 0.2) is 11.6 Å². The minimum atomic E-state index is 0.120. The summed E-state index contributed by atoms with van der Waals surface area (Å²) in [4.78, 5) is 18.8. The molecule has 2 aliphatic rings. The largest absolute Gasteiger partial charge is 0.378 e. The molecule has 1 saturated heterocycles. The second-order valence-electron chi connectivity index (χ2n) is 5.33. The molecule has 104 valence electrons. The van der Waals surface area contributed by atoms with E-state index in [9.17, 15) is 4.79 Å². The number of hydrogen-bond donors (Lipinski definition) is 0. The Labute approximate surface area is 117 Å². The van der Waals surface area contributed by atoms with Gasteiger partial charge in [-0.3, -0.25) is 4.79 Å². The topological polar surface area (TPSA) is 42.4 Å². The predicted octanol–water partition coefficient (Wildman–Crippen LogP) is 2.27. The molecule has 0 spiro atoms. The number of likely N-dealkylation sites (tertiary alicyclic amines) is 1. The third-order valence-electron chi connectivity index (χ3n) is 3.96. The molecule has 0 radical (unpaired) electrons. The second kappa shape index (κ2) is 5.59. The lowest BCUT2D eigenvalue weighted by atomic mass is 9.98. The van der Waals surface area contributed by atoms with Gasteiger partial charge in [0, 0.05) is 37.2 Å². The third kappa shape index (κ3) is 2.82. The summed E-state index contributed by atoms with van der Waals surface area (Å²) < 4.78 is 5.52. The first kappa shape index (κ1) is 13.1. The monoisotopic (exact) mass is 280 g/mol. The molecule has 5 heteroatoms. The Morgan fingerprint density at radius 1 is 1.63 bits per heavy atom. The minimum Gasteiger partial charge on any atom is -0.378 e. The molecular formula is C14H20N2O2S. The Balaban J connectivity index is 1.58. The number of piperidine rings is 1. The van der Waals surface area contributed by atoms with Crippen molar-refractivity contribution in [3.8, 4) is 0 Å². The van der Waals surface area contributed by atoms with Gasteiger partial charge in [-0.25, -0.2) is 4.98 Å². The van der Waals surface area contributed by atoms with Crippen LogP contribution in [0, 0.1) is 5.92 Å². The van der Waals surface area contributed by atoms with Crippen molar-refractivity contribution in [1.29, 1.82) is 0 Å². The maximum Gasteiger partial charge on any atom is 0.228 e. The van der Waals surface area contributed by atoms with Crippen LogP contribution in [-0.2, 0) is 9.53 Å². The van der Waals surface area contributed by atoms with Crippen LogP contribution >= 0.6 is 11.3 Å². The van der Waals surface area contributed by atoms with Gasteiger partial charge < -0.3 is 9.64 Å². The highest BCUT2D eigenvalue weighted by molar-refractivity contribution is 7.09. The Morgan fingerprint density at radius 2 is 2.53 bits per heavy atom. The summed E-state index contributed by atoms with van der Waals surface area (Å²) in [5, 5.41) is 3.19. The molecule has 2 fully saturated rings. The zero-order valence-electron chi connectivity index (χ0n) is 11.2. The molecule has 4 nitrogen and oxygen atoms in total. The van der Waals surface area contributed by atoms with Crippen LogP contribution in [0.3, 0.4) is 0 Å². The molecule has 3 rings (SSSR count). The molecular weight excluding hydrogens is 260 g/mol. The van der Waals surface area contributed by atoms with Gasteiger partial charge in [-0.1, -0.05) is 0 Å². The average molecular weight is 280 g/mol. The van der Waals surface area contributed by atoms with Crippen LogP contribution in [-0.4, -0.2) is 41.6 Å². The van der Waals surface area contributed by atoms with E-state index < -0.39 is 0 Å². The number of hydrogen-bond acceptors (Lipinski definition) is 4. The fraction of sp³-hybridized carbons (Fsp3) is 0.714. The van der Waals surface area contributed by atoms with E-state index in [4.69, 9.17) is 4.74 Å². The van der Waals surface area contributed by atoms with Gasteiger partial charge >= 0.3 is 0 Å². The molecule has 0 aromatic carbocycles. The highest BCUT2D eigenvalue weighted by Crippen LogP contribution is 2.37. The van der Waals surface area contributed by atoms with Crippen molar-refractivity contribution < 1.29 is 9.53 Å². The van der Waals surface area contributed by atoms with E-state index in [2.05, 4.69) is 4.98 Å². The van der Waals surface area contributed by atoms with E-state index in [1.807, 2.05) is 23.4 Å². The van der Waals surface area contributed by atoms with Crippen LogP contribution in [0.1, 0.15) is 37.1 Å². The SMILES string of the molecule is CCO[C@@H]1C[C@H]1C(=O)N1CCC[C@@H](c2nccs2)C1. The average Bonchev–Trinajstić information content (AvgIpc) is 3.00. The van der Waals surface area contributed by atoms with Crippen LogP contribution in [0.4, 0.5) is 0 Å². The predicted molar refractivity (Wildman–Crippen MR) is 74.2 cm³/mol. The number of aromatic nitrogens is 1. The quantitative estimate of drug-likeness (QED) is 0.849. The number of carbonyl (C=O) groups excluding carboxylic acids is 1. The molecule has 0 N–H and O–H groups in total. The fourth-order valence-electron chi connectivity index (χ4n) is 2.88. The molecule has 1 aromatic rings. The van der Waals surface area contributed by atoms with Gasteiger partial charge in [-0.05, 0) is 26.2 Å². The van der Waals surface area contributed by atoms with E-state index in [1.165, 1.54) is 5.01 Å². The standard InChI is InChI=1S/C14H20N2O2S/c1-2-18-12-8-11(12)14(17)16-6-3-4-10(9-16)13-15-5-7-19-13/h5,7,10-12H,2-4,6,8-9H2,1H3/t10-,11-,12-/m1/s1. The second-order valence-corrected chi connectivity index (χ2v) is 6.26. The van der Waals surface area contributed by atoms with Crippen molar-refractivity contribution in [2.45, 2.75) is 38.2 Å². The smallest absolute Gasteiger partial charge is 0.228 e. The lowest BCUT2D eigenvalue weighted by Gasteiger charge is -2.32. The Bertz CT molecular complexity index is 435. The minimum absolute atomic E-state index is 0.120. The van der Waals surface area contributed by atoms with Gasteiger partial charge in [0.15, 0.2) is 0 Å². The van der Waals surface area contributed by atoms with E-state index in [-0.39, 0.29) is 12.0 Å². The summed E-state index contributed by atoms with van der Waals surface area (Å²) >= 11 is 1.70. The number of nitrogens with zero attached hydrogens (tertiary/aromatic N) is 2. The lowest BCUT2D eigenvalue weighted by Crippen LogP contribution is -2.40. The van der Waals surface area contributed by atoms with Crippen molar-refractivity contribution in [1.82, 2.24) is 9.88 Å². The summed E-state index contributed by atoms with van der Waals surface area (Å²) in [6.07, 6.45) is 5.18. The zero-order chi connectivity index (χ0) is 13.2. The third-order valence-corrected chi connectivity index (χ3v) is 4.90.